The van der Waals surface area contributed by atoms with Crippen LogP contribution in [-0.4, -0.2) is 30.0 Å². The highest BCUT2D eigenvalue weighted by Gasteiger charge is 2.09. The lowest BCUT2D eigenvalue weighted by atomic mass is 10.00. The summed E-state index contributed by atoms with van der Waals surface area (Å²) in [5, 5.41) is 7.60. The molecule has 4 heteroatoms. The van der Waals surface area contributed by atoms with Crippen molar-refractivity contribution in [2.75, 3.05) is 14.2 Å². The average Bonchev–Trinajstić information content (AvgIpc) is 2.89. The van der Waals surface area contributed by atoms with Gasteiger partial charge in [0.2, 0.25) is 0 Å². The molecule has 0 amide bonds. The van der Waals surface area contributed by atoms with Crippen LogP contribution in [0.25, 0.3) is 0 Å². The molecule has 1 aromatic heterocycles. The van der Waals surface area contributed by atoms with Gasteiger partial charge in [0.1, 0.15) is 5.75 Å². The van der Waals surface area contributed by atoms with Gasteiger partial charge in [0.25, 0.3) is 0 Å². The Morgan fingerprint density at radius 1 is 1.35 bits per heavy atom. The second kappa shape index (κ2) is 7.10. The van der Waals surface area contributed by atoms with E-state index in [2.05, 4.69) is 28.7 Å². The van der Waals surface area contributed by atoms with Gasteiger partial charge in [-0.25, -0.2) is 0 Å². The molecule has 0 radical (unpaired) electrons. The lowest BCUT2D eigenvalue weighted by Crippen LogP contribution is -2.28. The highest BCUT2D eigenvalue weighted by Crippen LogP contribution is 2.15. The Labute approximate surface area is 120 Å². The molecule has 2 rings (SSSR count). The molecule has 1 aromatic carbocycles. The monoisotopic (exact) mass is 273 g/mol. The van der Waals surface area contributed by atoms with Crippen LogP contribution in [0.15, 0.2) is 36.7 Å². The van der Waals surface area contributed by atoms with Crippen LogP contribution in [0.5, 0.6) is 5.75 Å². The summed E-state index contributed by atoms with van der Waals surface area (Å²) in [6.07, 6.45) is 7.17. The molecule has 0 aliphatic heterocycles. The van der Waals surface area contributed by atoms with Gasteiger partial charge in [-0.2, -0.15) is 5.10 Å². The normalized spacial score (nSPS) is 12.3. The Bertz CT molecular complexity index is 536. The number of likely N-dealkylation sites (N-methyl/N-ethyl adjacent to an activating group) is 1. The van der Waals surface area contributed by atoms with E-state index in [9.17, 15) is 0 Å². The molecule has 1 unspecified atom stereocenters. The van der Waals surface area contributed by atoms with Crippen LogP contribution < -0.4 is 10.1 Å². The Morgan fingerprint density at radius 2 is 2.20 bits per heavy atom. The van der Waals surface area contributed by atoms with Gasteiger partial charge in [-0.1, -0.05) is 12.1 Å². The highest BCUT2D eigenvalue weighted by molar-refractivity contribution is 5.29. The zero-order valence-corrected chi connectivity index (χ0v) is 12.5. The van der Waals surface area contributed by atoms with Gasteiger partial charge in [0.15, 0.2) is 0 Å². The lowest BCUT2D eigenvalue weighted by molar-refractivity contribution is 0.413. The molecule has 1 heterocycles. The van der Waals surface area contributed by atoms with Crippen molar-refractivity contribution < 1.29 is 4.74 Å². The largest absolute Gasteiger partial charge is 0.497 e. The lowest BCUT2D eigenvalue weighted by Gasteiger charge is -2.16. The molecule has 0 saturated carbocycles. The zero-order chi connectivity index (χ0) is 14.4. The van der Waals surface area contributed by atoms with E-state index in [1.807, 2.05) is 37.1 Å². The molecule has 108 valence electrons. The number of ether oxygens (including phenoxy) is 1. The van der Waals surface area contributed by atoms with Crippen molar-refractivity contribution in [2.24, 2.45) is 7.05 Å². The van der Waals surface area contributed by atoms with E-state index >= 15 is 0 Å². The minimum Gasteiger partial charge on any atom is -0.497 e. The summed E-state index contributed by atoms with van der Waals surface area (Å²) in [6, 6.07) is 8.74. The van der Waals surface area contributed by atoms with Crippen LogP contribution in [0.3, 0.4) is 0 Å². The first kappa shape index (κ1) is 14.6. The van der Waals surface area contributed by atoms with E-state index in [-0.39, 0.29) is 0 Å². The van der Waals surface area contributed by atoms with Crippen molar-refractivity contribution in [1.29, 1.82) is 0 Å². The van der Waals surface area contributed by atoms with E-state index < -0.39 is 0 Å². The van der Waals surface area contributed by atoms with Crippen molar-refractivity contribution >= 4 is 0 Å². The maximum Gasteiger partial charge on any atom is 0.119 e. The summed E-state index contributed by atoms with van der Waals surface area (Å²) in [5.74, 6) is 0.921. The van der Waals surface area contributed by atoms with E-state index in [0.717, 1.165) is 25.0 Å². The maximum absolute atomic E-state index is 5.27. The molecule has 1 atom stereocenters. The van der Waals surface area contributed by atoms with E-state index in [0.29, 0.717) is 6.04 Å². The van der Waals surface area contributed by atoms with Crippen LogP contribution in [0.1, 0.15) is 17.5 Å². The molecule has 2 aromatic rings. The van der Waals surface area contributed by atoms with E-state index in [1.165, 1.54) is 11.1 Å². The molecule has 0 aliphatic rings. The Kier molecular flexibility index (Phi) is 5.18. The molecular weight excluding hydrogens is 250 g/mol. The average molecular weight is 273 g/mol. The van der Waals surface area contributed by atoms with Gasteiger partial charge in [-0.3, -0.25) is 4.68 Å². The van der Waals surface area contributed by atoms with Gasteiger partial charge < -0.3 is 10.1 Å². The number of aryl methyl sites for hydroxylation is 2. The van der Waals surface area contributed by atoms with Crippen molar-refractivity contribution in [3.63, 3.8) is 0 Å². The molecule has 20 heavy (non-hydrogen) atoms. The first-order valence-corrected chi connectivity index (χ1v) is 6.99. The fourth-order valence-corrected chi connectivity index (χ4v) is 2.37. The van der Waals surface area contributed by atoms with Crippen LogP contribution in [0.4, 0.5) is 0 Å². The van der Waals surface area contributed by atoms with Gasteiger partial charge in [-0.05, 0) is 49.6 Å². The molecule has 1 N–H and O–H groups in total. The number of hydrogen-bond donors (Lipinski definition) is 1. The maximum atomic E-state index is 5.27. The van der Waals surface area contributed by atoms with Crippen LogP contribution >= 0.6 is 0 Å². The standard InChI is InChI=1S/C16H23N3O/c1-17-15(8-7-14-11-18-19(2)12-14)9-13-5-4-6-16(10-13)20-3/h4-6,10-12,15,17H,7-9H2,1-3H3. The van der Waals surface area contributed by atoms with Crippen LogP contribution in [0.2, 0.25) is 0 Å². The van der Waals surface area contributed by atoms with Crippen molar-refractivity contribution in [2.45, 2.75) is 25.3 Å². The predicted octanol–water partition coefficient (Wildman–Crippen LogP) is 2.19. The molecule has 0 saturated heterocycles. The topological polar surface area (TPSA) is 39.1 Å². The minimum absolute atomic E-state index is 0.460. The molecule has 4 nitrogen and oxygen atoms in total. The van der Waals surface area contributed by atoms with Gasteiger partial charge >= 0.3 is 0 Å². The van der Waals surface area contributed by atoms with Crippen molar-refractivity contribution in [1.82, 2.24) is 15.1 Å². The Morgan fingerprint density at radius 3 is 2.85 bits per heavy atom. The summed E-state index contributed by atoms with van der Waals surface area (Å²) in [7, 11) is 5.68. The zero-order valence-electron chi connectivity index (χ0n) is 12.5. The number of aromatic nitrogens is 2. The smallest absolute Gasteiger partial charge is 0.119 e. The Balaban J connectivity index is 1.91. The molecule has 0 spiro atoms. The molecule has 0 fully saturated rings. The van der Waals surface area contributed by atoms with E-state index in [4.69, 9.17) is 4.74 Å². The number of nitrogens with one attached hydrogen (secondary N) is 1. The first-order chi connectivity index (χ1) is 9.71. The third kappa shape index (κ3) is 4.10. The van der Waals surface area contributed by atoms with Gasteiger partial charge in [0.05, 0.1) is 13.3 Å². The molecule has 0 bridgehead atoms. The summed E-state index contributed by atoms with van der Waals surface area (Å²) in [5.41, 5.74) is 2.59. The summed E-state index contributed by atoms with van der Waals surface area (Å²) in [4.78, 5) is 0. The SMILES string of the molecule is CNC(CCc1cnn(C)c1)Cc1cccc(OC)c1. The number of benzene rings is 1. The fourth-order valence-electron chi connectivity index (χ4n) is 2.37. The van der Waals surface area contributed by atoms with Crippen LogP contribution in [-0.2, 0) is 19.9 Å². The first-order valence-electron chi connectivity index (χ1n) is 6.99. The minimum atomic E-state index is 0.460. The quantitative estimate of drug-likeness (QED) is 0.840. The summed E-state index contributed by atoms with van der Waals surface area (Å²) >= 11 is 0. The summed E-state index contributed by atoms with van der Waals surface area (Å²) in [6.45, 7) is 0. The van der Waals surface area contributed by atoms with Crippen molar-refractivity contribution in [3.05, 3.63) is 47.8 Å². The van der Waals surface area contributed by atoms with E-state index in [1.54, 1.807) is 7.11 Å². The third-order valence-corrected chi connectivity index (χ3v) is 3.56. The third-order valence-electron chi connectivity index (χ3n) is 3.56. The second-order valence-corrected chi connectivity index (χ2v) is 5.10. The highest BCUT2D eigenvalue weighted by atomic mass is 16.5. The Hall–Kier alpha value is -1.81. The number of rotatable bonds is 7. The number of hydrogen-bond acceptors (Lipinski definition) is 3. The fraction of sp³-hybridized carbons (Fsp3) is 0.438. The van der Waals surface area contributed by atoms with Gasteiger partial charge in [-0.15, -0.1) is 0 Å². The molecular formula is C16H23N3O. The van der Waals surface area contributed by atoms with Crippen LogP contribution in [0, 0.1) is 0 Å². The van der Waals surface area contributed by atoms with Crippen molar-refractivity contribution in [3.8, 4) is 5.75 Å². The molecule has 0 aliphatic carbocycles. The number of nitrogens with zero attached hydrogens (tertiary/aromatic N) is 2. The number of methoxy groups -OCH3 is 1. The second-order valence-electron chi connectivity index (χ2n) is 5.10. The summed E-state index contributed by atoms with van der Waals surface area (Å²) < 4.78 is 7.12. The van der Waals surface area contributed by atoms with Gasteiger partial charge in [0, 0.05) is 19.3 Å². The predicted molar refractivity (Wildman–Crippen MR) is 81.1 cm³/mol.